The van der Waals surface area contributed by atoms with Crippen LogP contribution in [0.15, 0.2) is 12.2 Å². The molecule has 0 spiro atoms. The van der Waals surface area contributed by atoms with E-state index in [2.05, 4.69) is 27.4 Å². The molecule has 0 unspecified atom stereocenters. The molecule has 0 saturated heterocycles. The zero-order valence-electron chi connectivity index (χ0n) is 10.1. The van der Waals surface area contributed by atoms with Gasteiger partial charge in [-0.15, -0.1) is 0 Å². The van der Waals surface area contributed by atoms with Crippen molar-refractivity contribution in [2.24, 2.45) is 10.8 Å². The lowest BCUT2D eigenvalue weighted by Crippen LogP contribution is -2.41. The highest BCUT2D eigenvalue weighted by atomic mass is 16.4. The summed E-state index contributed by atoms with van der Waals surface area (Å²) in [5.74, 6) is -0.827. The highest BCUT2D eigenvalue weighted by molar-refractivity contribution is 5.87. The maximum atomic E-state index is 11.2. The van der Waals surface area contributed by atoms with Crippen LogP contribution in [0.5, 0.6) is 0 Å². The molecule has 0 aromatic rings. The molecule has 86 valence electrons. The van der Waals surface area contributed by atoms with E-state index in [1.54, 1.807) is 0 Å². The molecule has 0 radical (unpaired) electrons. The summed E-state index contributed by atoms with van der Waals surface area (Å²) in [5, 5.41) is 9.16. The van der Waals surface area contributed by atoms with Gasteiger partial charge in [0.05, 0.1) is 0 Å². The van der Waals surface area contributed by atoms with Crippen molar-refractivity contribution < 1.29 is 9.90 Å². The Morgan fingerprint density at radius 3 is 2.00 bits per heavy atom. The van der Waals surface area contributed by atoms with Crippen molar-refractivity contribution in [2.45, 2.75) is 52.9 Å². The molecule has 0 aliphatic heterocycles. The predicted octanol–water partition coefficient (Wildman–Crippen LogP) is 3.62. The van der Waals surface area contributed by atoms with Gasteiger partial charge in [-0.2, -0.15) is 0 Å². The lowest BCUT2D eigenvalue weighted by atomic mass is 9.56. The van der Waals surface area contributed by atoms with E-state index in [4.69, 9.17) is 5.11 Å². The number of hydrogen-bond donors (Lipinski definition) is 1. The minimum atomic E-state index is -0.827. The van der Waals surface area contributed by atoms with Crippen molar-refractivity contribution in [3.8, 4) is 0 Å². The van der Waals surface area contributed by atoms with Crippen LogP contribution < -0.4 is 0 Å². The molecule has 15 heavy (non-hydrogen) atoms. The monoisotopic (exact) mass is 210 g/mol. The van der Waals surface area contributed by atoms with E-state index in [0.717, 1.165) is 25.7 Å². The summed E-state index contributed by atoms with van der Waals surface area (Å²) in [6, 6.07) is 0. The normalized spacial score (nSPS) is 21.0. The fraction of sp³-hybridized carbons (Fsp3) is 0.769. The van der Waals surface area contributed by atoms with Crippen molar-refractivity contribution in [1.29, 1.82) is 0 Å². The molecule has 1 N–H and O–H groups in total. The number of hydrogen-bond acceptors (Lipinski definition) is 1. The summed E-state index contributed by atoms with van der Waals surface area (Å²) in [5.41, 5.74) is 0.203. The molecule has 1 fully saturated rings. The third-order valence-corrected chi connectivity index (χ3v) is 3.98. The second kappa shape index (κ2) is 3.99. The van der Waals surface area contributed by atoms with Gasteiger partial charge in [0, 0.05) is 11.0 Å². The second-order valence-electron chi connectivity index (χ2n) is 5.68. The average Bonchev–Trinajstić information content (AvgIpc) is 2.16. The van der Waals surface area contributed by atoms with E-state index in [1.165, 1.54) is 6.42 Å². The standard InChI is InChI=1S/C13H22O2/c1-10(11(14)15)13(12(2,3)4)8-6-5-7-9-13/h1,5-9H2,2-4H3,(H,14,15). The second-order valence-corrected chi connectivity index (χ2v) is 5.68. The summed E-state index contributed by atoms with van der Waals surface area (Å²) in [4.78, 5) is 11.2. The molecule has 0 amide bonds. The quantitative estimate of drug-likeness (QED) is 0.707. The molecule has 0 aromatic heterocycles. The lowest BCUT2D eigenvalue weighted by molar-refractivity contribution is -0.135. The highest BCUT2D eigenvalue weighted by Crippen LogP contribution is 2.53. The van der Waals surface area contributed by atoms with Gasteiger partial charge in [-0.3, -0.25) is 0 Å². The Labute approximate surface area is 92.4 Å². The van der Waals surface area contributed by atoms with E-state index in [-0.39, 0.29) is 10.8 Å². The van der Waals surface area contributed by atoms with Crippen LogP contribution in [0.4, 0.5) is 0 Å². The maximum Gasteiger partial charge on any atom is 0.331 e. The molecule has 1 aliphatic rings. The van der Waals surface area contributed by atoms with E-state index in [9.17, 15) is 4.79 Å². The fourth-order valence-electron chi connectivity index (χ4n) is 2.86. The third kappa shape index (κ3) is 2.09. The van der Waals surface area contributed by atoms with Crippen molar-refractivity contribution in [3.05, 3.63) is 12.2 Å². The molecule has 1 aliphatic carbocycles. The Balaban J connectivity index is 3.06. The molecular weight excluding hydrogens is 188 g/mol. The number of carboxylic acid groups (broad SMARTS) is 1. The number of aliphatic carboxylic acids is 1. The largest absolute Gasteiger partial charge is 0.478 e. The smallest absolute Gasteiger partial charge is 0.331 e. The zero-order chi connectivity index (χ0) is 11.7. The van der Waals surface area contributed by atoms with E-state index < -0.39 is 5.97 Å². The van der Waals surface area contributed by atoms with Gasteiger partial charge >= 0.3 is 5.97 Å². The Kier molecular flexibility index (Phi) is 3.27. The maximum absolute atomic E-state index is 11.2. The number of rotatable bonds is 2. The molecule has 2 heteroatoms. The van der Waals surface area contributed by atoms with Gasteiger partial charge in [0.1, 0.15) is 0 Å². The van der Waals surface area contributed by atoms with E-state index >= 15 is 0 Å². The minimum Gasteiger partial charge on any atom is -0.478 e. The highest BCUT2D eigenvalue weighted by Gasteiger charge is 2.46. The van der Waals surface area contributed by atoms with E-state index in [1.807, 2.05) is 0 Å². The summed E-state index contributed by atoms with van der Waals surface area (Å²) in [7, 11) is 0. The summed E-state index contributed by atoms with van der Waals surface area (Å²) in [6.07, 6.45) is 5.43. The van der Waals surface area contributed by atoms with Crippen LogP contribution in [0.1, 0.15) is 52.9 Å². The van der Waals surface area contributed by atoms with Crippen LogP contribution in [0, 0.1) is 10.8 Å². The van der Waals surface area contributed by atoms with Gasteiger partial charge in [0.15, 0.2) is 0 Å². The third-order valence-electron chi connectivity index (χ3n) is 3.98. The van der Waals surface area contributed by atoms with Crippen molar-refractivity contribution >= 4 is 5.97 Å². The predicted molar refractivity (Wildman–Crippen MR) is 61.7 cm³/mol. The van der Waals surface area contributed by atoms with Crippen LogP contribution in [0.25, 0.3) is 0 Å². The number of carboxylic acids is 1. The molecule has 0 bridgehead atoms. The molecule has 2 nitrogen and oxygen atoms in total. The molecule has 0 heterocycles. The average molecular weight is 210 g/mol. The number of carbonyl (C=O) groups is 1. The Bertz CT molecular complexity index is 265. The lowest BCUT2D eigenvalue weighted by Gasteiger charge is -2.47. The van der Waals surface area contributed by atoms with Gasteiger partial charge in [0.2, 0.25) is 0 Å². The van der Waals surface area contributed by atoms with Crippen LogP contribution in [0.2, 0.25) is 0 Å². The summed E-state index contributed by atoms with van der Waals surface area (Å²) >= 11 is 0. The Morgan fingerprint density at radius 1 is 1.20 bits per heavy atom. The van der Waals surface area contributed by atoms with Gasteiger partial charge in [0.25, 0.3) is 0 Å². The first-order valence-electron chi connectivity index (χ1n) is 5.74. The SMILES string of the molecule is C=C(C(=O)O)C1(C(C)(C)C)CCCCC1. The minimum absolute atomic E-state index is 0.0110. The first-order valence-corrected chi connectivity index (χ1v) is 5.74. The Hall–Kier alpha value is -0.790. The van der Waals surface area contributed by atoms with Crippen LogP contribution in [0.3, 0.4) is 0 Å². The summed E-state index contributed by atoms with van der Waals surface area (Å²) in [6.45, 7) is 10.2. The molecule has 1 rings (SSSR count). The van der Waals surface area contributed by atoms with E-state index in [0.29, 0.717) is 5.57 Å². The fourth-order valence-corrected chi connectivity index (χ4v) is 2.86. The van der Waals surface area contributed by atoms with Crippen molar-refractivity contribution in [2.75, 3.05) is 0 Å². The molecule has 1 saturated carbocycles. The summed E-state index contributed by atoms with van der Waals surface area (Å²) < 4.78 is 0. The van der Waals surface area contributed by atoms with Crippen molar-refractivity contribution in [1.82, 2.24) is 0 Å². The molecule has 0 aromatic carbocycles. The first kappa shape index (κ1) is 12.3. The zero-order valence-corrected chi connectivity index (χ0v) is 10.1. The van der Waals surface area contributed by atoms with Gasteiger partial charge in [-0.05, 0) is 18.3 Å². The topological polar surface area (TPSA) is 37.3 Å². The van der Waals surface area contributed by atoms with Crippen molar-refractivity contribution in [3.63, 3.8) is 0 Å². The molecular formula is C13H22O2. The Morgan fingerprint density at radius 2 is 1.67 bits per heavy atom. The first-order chi connectivity index (χ1) is 6.81. The van der Waals surface area contributed by atoms with Gasteiger partial charge in [-0.1, -0.05) is 46.6 Å². The van der Waals surface area contributed by atoms with Crippen LogP contribution in [-0.4, -0.2) is 11.1 Å². The van der Waals surface area contributed by atoms with Gasteiger partial charge in [-0.25, -0.2) is 4.79 Å². The van der Waals surface area contributed by atoms with Gasteiger partial charge < -0.3 is 5.11 Å². The molecule has 0 atom stereocenters. The van der Waals surface area contributed by atoms with Crippen LogP contribution >= 0.6 is 0 Å². The van der Waals surface area contributed by atoms with Crippen LogP contribution in [-0.2, 0) is 4.79 Å².